The molecule has 0 aliphatic rings. The number of carboxylic acids is 1. The van der Waals surface area contributed by atoms with Crippen molar-refractivity contribution >= 4 is 11.9 Å². The number of alkyl halides is 3. The third-order valence-electron chi connectivity index (χ3n) is 3.52. The summed E-state index contributed by atoms with van der Waals surface area (Å²) < 4.78 is 38.4. The van der Waals surface area contributed by atoms with Crippen LogP contribution in [0.3, 0.4) is 0 Å². The third-order valence-corrected chi connectivity index (χ3v) is 3.52. The van der Waals surface area contributed by atoms with Gasteiger partial charge in [-0.3, -0.25) is 4.79 Å². The number of carbonyl (C=O) groups excluding carboxylic acids is 1. The molecule has 0 aliphatic carbocycles. The van der Waals surface area contributed by atoms with E-state index in [1.54, 1.807) is 0 Å². The molecule has 0 spiro atoms. The van der Waals surface area contributed by atoms with Gasteiger partial charge in [-0.15, -0.1) is 0 Å². The van der Waals surface area contributed by atoms with E-state index < -0.39 is 29.2 Å². The highest BCUT2D eigenvalue weighted by atomic mass is 19.4. The highest BCUT2D eigenvalue weighted by molar-refractivity contribution is 5.97. The van der Waals surface area contributed by atoms with Gasteiger partial charge in [-0.05, 0) is 32.9 Å². The summed E-state index contributed by atoms with van der Waals surface area (Å²) in [5.74, 6) is -1.88. The molecule has 1 aromatic heterocycles. The molecule has 0 bridgehead atoms. The molecular weight excluding hydrogens is 339 g/mol. The van der Waals surface area contributed by atoms with Crippen molar-refractivity contribution in [2.24, 2.45) is 0 Å². The number of H-pyrrole nitrogens is 1. The minimum atomic E-state index is -4.50. The lowest BCUT2D eigenvalue weighted by Crippen LogP contribution is -2.49. The van der Waals surface area contributed by atoms with Crippen molar-refractivity contribution in [3.05, 3.63) is 41.2 Å². The number of rotatable bonds is 4. The standard InChI is InChI=1S/C16H16F3N3O3/c1-8-11(13(23)22-15(2,3)14(24)25)21-12(20-8)9-5-4-6-10(7-9)16(17,18)19/h4-7H,1-3H3,(H,20,21)(H,22,23)(H,24,25). The molecule has 0 atom stereocenters. The van der Waals surface area contributed by atoms with Crippen LogP contribution in [-0.2, 0) is 11.0 Å². The molecule has 0 radical (unpaired) electrons. The first-order valence-corrected chi connectivity index (χ1v) is 7.22. The number of aliphatic carboxylic acids is 1. The number of aromatic nitrogens is 2. The Morgan fingerprint density at radius 1 is 1.24 bits per heavy atom. The fourth-order valence-corrected chi connectivity index (χ4v) is 2.06. The van der Waals surface area contributed by atoms with Gasteiger partial charge >= 0.3 is 12.1 Å². The number of amides is 1. The molecule has 2 aromatic rings. The molecule has 25 heavy (non-hydrogen) atoms. The Hall–Kier alpha value is -2.84. The van der Waals surface area contributed by atoms with Gasteiger partial charge in [0.1, 0.15) is 17.1 Å². The molecular formula is C16H16F3N3O3. The van der Waals surface area contributed by atoms with Crippen molar-refractivity contribution in [2.45, 2.75) is 32.5 Å². The quantitative estimate of drug-likeness (QED) is 0.786. The molecule has 0 aliphatic heterocycles. The second kappa shape index (κ2) is 6.23. The van der Waals surface area contributed by atoms with Crippen LogP contribution < -0.4 is 5.32 Å². The van der Waals surface area contributed by atoms with Gasteiger partial charge in [0.25, 0.3) is 5.91 Å². The molecule has 2 rings (SSSR count). The molecule has 0 saturated carbocycles. The number of carbonyl (C=O) groups is 2. The van der Waals surface area contributed by atoms with E-state index in [1.165, 1.54) is 32.9 Å². The molecule has 6 nitrogen and oxygen atoms in total. The van der Waals surface area contributed by atoms with Crippen molar-refractivity contribution in [3.63, 3.8) is 0 Å². The smallest absolute Gasteiger partial charge is 0.416 e. The Morgan fingerprint density at radius 3 is 2.44 bits per heavy atom. The molecule has 1 aromatic carbocycles. The maximum Gasteiger partial charge on any atom is 0.416 e. The Morgan fingerprint density at radius 2 is 1.88 bits per heavy atom. The van der Waals surface area contributed by atoms with Crippen molar-refractivity contribution < 1.29 is 27.9 Å². The topological polar surface area (TPSA) is 95.1 Å². The second-order valence-corrected chi connectivity index (χ2v) is 6.02. The van der Waals surface area contributed by atoms with Gasteiger partial charge in [0, 0.05) is 11.3 Å². The SMILES string of the molecule is Cc1[nH]c(-c2cccc(C(F)(F)F)c2)nc1C(=O)NC(C)(C)C(=O)O. The molecule has 0 saturated heterocycles. The number of imidazole rings is 1. The summed E-state index contributed by atoms with van der Waals surface area (Å²) in [6, 6.07) is 4.52. The van der Waals surface area contributed by atoms with Gasteiger partial charge in [-0.1, -0.05) is 12.1 Å². The van der Waals surface area contributed by atoms with Gasteiger partial charge in [-0.2, -0.15) is 13.2 Å². The van der Waals surface area contributed by atoms with Crippen molar-refractivity contribution in [2.75, 3.05) is 0 Å². The minimum absolute atomic E-state index is 0.0817. The first-order chi connectivity index (χ1) is 11.4. The highest BCUT2D eigenvalue weighted by Crippen LogP contribution is 2.31. The number of hydrogen-bond donors (Lipinski definition) is 3. The Balaban J connectivity index is 2.35. The van der Waals surface area contributed by atoms with Crippen LogP contribution in [0.1, 0.15) is 35.6 Å². The van der Waals surface area contributed by atoms with Crippen LogP contribution in [0, 0.1) is 6.92 Å². The van der Waals surface area contributed by atoms with Gasteiger partial charge < -0.3 is 15.4 Å². The van der Waals surface area contributed by atoms with Crippen molar-refractivity contribution in [3.8, 4) is 11.4 Å². The molecule has 1 amide bonds. The van der Waals surface area contributed by atoms with Crippen LogP contribution >= 0.6 is 0 Å². The normalized spacial score (nSPS) is 12.1. The van der Waals surface area contributed by atoms with Crippen LogP contribution in [0.2, 0.25) is 0 Å². The number of nitrogens with one attached hydrogen (secondary N) is 2. The zero-order chi connectivity index (χ0) is 19.0. The van der Waals surface area contributed by atoms with Crippen LogP contribution in [0.4, 0.5) is 13.2 Å². The summed E-state index contributed by atoms with van der Waals surface area (Å²) in [5.41, 5.74) is -1.96. The van der Waals surface area contributed by atoms with Gasteiger partial charge in [0.05, 0.1) is 5.56 Å². The Labute approximate surface area is 141 Å². The van der Waals surface area contributed by atoms with E-state index in [4.69, 9.17) is 5.11 Å². The van der Waals surface area contributed by atoms with Crippen LogP contribution in [0.25, 0.3) is 11.4 Å². The predicted molar refractivity (Wildman–Crippen MR) is 82.9 cm³/mol. The molecule has 1 heterocycles. The number of aromatic amines is 1. The number of carboxylic acid groups (broad SMARTS) is 1. The monoisotopic (exact) mass is 355 g/mol. The maximum atomic E-state index is 12.8. The van der Waals surface area contributed by atoms with E-state index >= 15 is 0 Å². The molecule has 3 N–H and O–H groups in total. The Kier molecular flexibility index (Phi) is 4.61. The zero-order valence-corrected chi connectivity index (χ0v) is 13.7. The van der Waals surface area contributed by atoms with Gasteiger partial charge in [-0.25, -0.2) is 9.78 Å². The average Bonchev–Trinajstić information content (AvgIpc) is 2.88. The van der Waals surface area contributed by atoms with E-state index in [0.717, 1.165) is 12.1 Å². The van der Waals surface area contributed by atoms with Crippen molar-refractivity contribution in [1.29, 1.82) is 0 Å². The molecule has 134 valence electrons. The molecule has 9 heteroatoms. The van der Waals surface area contributed by atoms with Crippen LogP contribution in [0.15, 0.2) is 24.3 Å². The van der Waals surface area contributed by atoms with E-state index in [9.17, 15) is 22.8 Å². The van der Waals surface area contributed by atoms with Crippen LogP contribution in [0.5, 0.6) is 0 Å². The maximum absolute atomic E-state index is 12.8. The van der Waals surface area contributed by atoms with E-state index in [-0.39, 0.29) is 17.1 Å². The summed E-state index contributed by atoms with van der Waals surface area (Å²) in [4.78, 5) is 30.1. The molecule has 0 fully saturated rings. The van der Waals surface area contributed by atoms with Crippen molar-refractivity contribution in [1.82, 2.24) is 15.3 Å². The number of halogens is 3. The van der Waals surface area contributed by atoms with Gasteiger partial charge in [0.2, 0.25) is 0 Å². The van der Waals surface area contributed by atoms with E-state index in [2.05, 4.69) is 15.3 Å². The average molecular weight is 355 g/mol. The lowest BCUT2D eigenvalue weighted by Gasteiger charge is -2.20. The lowest BCUT2D eigenvalue weighted by atomic mass is 10.1. The largest absolute Gasteiger partial charge is 0.480 e. The highest BCUT2D eigenvalue weighted by Gasteiger charge is 2.32. The Bertz CT molecular complexity index is 826. The fourth-order valence-electron chi connectivity index (χ4n) is 2.06. The zero-order valence-electron chi connectivity index (χ0n) is 13.7. The minimum Gasteiger partial charge on any atom is -0.480 e. The summed E-state index contributed by atoms with van der Waals surface area (Å²) in [7, 11) is 0. The lowest BCUT2D eigenvalue weighted by molar-refractivity contribution is -0.143. The van der Waals surface area contributed by atoms with Gasteiger partial charge in [0.15, 0.2) is 0 Å². The summed E-state index contributed by atoms with van der Waals surface area (Å²) >= 11 is 0. The number of hydrogen-bond acceptors (Lipinski definition) is 3. The predicted octanol–water partition coefficient (Wildman–Crippen LogP) is 3.00. The summed E-state index contributed by atoms with van der Waals surface area (Å²) in [6.45, 7) is 4.14. The molecule has 0 unspecified atom stereocenters. The first-order valence-electron chi connectivity index (χ1n) is 7.22. The van der Waals surface area contributed by atoms with Crippen LogP contribution in [-0.4, -0.2) is 32.5 Å². The van der Waals surface area contributed by atoms with E-state index in [0.29, 0.717) is 5.69 Å². The number of benzene rings is 1. The second-order valence-electron chi connectivity index (χ2n) is 6.02. The number of nitrogens with zero attached hydrogens (tertiary/aromatic N) is 1. The third kappa shape index (κ3) is 3.98. The first kappa shape index (κ1) is 18.5. The summed E-state index contributed by atoms with van der Waals surface area (Å²) in [6.07, 6.45) is -4.50. The fraction of sp³-hybridized carbons (Fsp3) is 0.312. The number of aryl methyl sites for hydroxylation is 1. The van der Waals surface area contributed by atoms with E-state index in [1.807, 2.05) is 0 Å². The summed E-state index contributed by atoms with van der Waals surface area (Å²) in [5, 5.41) is 11.4.